The van der Waals surface area contributed by atoms with Gasteiger partial charge in [-0.2, -0.15) is 0 Å². The fraction of sp³-hybridized carbons (Fsp3) is 0.100. The molecule has 0 amide bonds. The topological polar surface area (TPSA) is 17.1 Å². The van der Waals surface area contributed by atoms with Crippen molar-refractivity contribution in [3.05, 3.63) is 42.1 Å². The maximum absolute atomic E-state index is 11.8. The van der Waals surface area contributed by atoms with Crippen molar-refractivity contribution in [2.24, 2.45) is 0 Å². The molecule has 0 bridgehead atoms. The summed E-state index contributed by atoms with van der Waals surface area (Å²) >= 11 is 12.1. The Balaban J connectivity index is 2.14. The number of rotatable bonds is 3. The number of carbonyl (C=O) groups excluding carboxylic acids is 1. The monoisotopic (exact) mass is 320 g/mol. The zero-order chi connectivity index (χ0) is 10.8. The van der Waals surface area contributed by atoms with Gasteiger partial charge in [-0.15, -0.1) is 22.7 Å². The van der Waals surface area contributed by atoms with Crippen molar-refractivity contribution < 1.29 is 4.79 Å². The molecule has 0 aliphatic heterocycles. The van der Waals surface area contributed by atoms with E-state index in [1.165, 1.54) is 22.7 Å². The van der Waals surface area contributed by atoms with E-state index < -0.39 is 0 Å². The summed E-state index contributed by atoms with van der Waals surface area (Å²) in [7, 11) is 0. The molecule has 0 fully saturated rings. The molecular formula is C10H6BrClOS2. The molecule has 0 radical (unpaired) electrons. The molecule has 0 aromatic carbocycles. The van der Waals surface area contributed by atoms with E-state index >= 15 is 0 Å². The smallest absolute Gasteiger partial charge is 0.179 e. The van der Waals surface area contributed by atoms with Gasteiger partial charge in [0.1, 0.15) is 0 Å². The summed E-state index contributed by atoms with van der Waals surface area (Å²) in [6.45, 7) is 0. The highest BCUT2D eigenvalue weighted by Gasteiger charge is 2.13. The molecule has 5 heteroatoms. The quantitative estimate of drug-likeness (QED) is 0.752. The first-order chi connectivity index (χ1) is 7.16. The zero-order valence-electron chi connectivity index (χ0n) is 7.50. The Morgan fingerprint density at radius 3 is 2.73 bits per heavy atom. The van der Waals surface area contributed by atoms with Crippen molar-refractivity contribution in [3.8, 4) is 0 Å². The van der Waals surface area contributed by atoms with Crippen LogP contribution >= 0.6 is 50.2 Å². The molecule has 78 valence electrons. The van der Waals surface area contributed by atoms with E-state index in [1.54, 1.807) is 0 Å². The van der Waals surface area contributed by atoms with Gasteiger partial charge >= 0.3 is 0 Å². The van der Waals surface area contributed by atoms with Crippen molar-refractivity contribution in [1.82, 2.24) is 0 Å². The highest BCUT2D eigenvalue weighted by Crippen LogP contribution is 2.27. The molecular weight excluding hydrogens is 316 g/mol. The second-order valence-corrected chi connectivity index (χ2v) is 6.47. The first-order valence-electron chi connectivity index (χ1n) is 4.17. The largest absolute Gasteiger partial charge is 0.293 e. The molecule has 0 aliphatic rings. The summed E-state index contributed by atoms with van der Waals surface area (Å²) in [5.74, 6) is 0.135. The fourth-order valence-corrected chi connectivity index (χ4v) is 3.80. The number of Topliss-reactive ketones (excluding diaryl/α,β-unsaturated/α-hetero) is 1. The highest BCUT2D eigenvalue weighted by molar-refractivity contribution is 9.10. The van der Waals surface area contributed by atoms with Crippen molar-refractivity contribution in [1.29, 1.82) is 0 Å². The number of halogens is 2. The number of carbonyl (C=O) groups is 1. The standard InChI is InChI=1S/C10H6BrClOS2/c11-7-3-4-14-10(7)8(13)5-6-1-2-9(12)15-6/h1-4H,5H2. The lowest BCUT2D eigenvalue weighted by Crippen LogP contribution is -1.99. The second kappa shape index (κ2) is 4.78. The predicted molar refractivity (Wildman–Crippen MR) is 69.4 cm³/mol. The third-order valence-electron chi connectivity index (χ3n) is 1.83. The predicted octanol–water partition coefficient (Wildman–Crippen LogP) is 4.65. The summed E-state index contributed by atoms with van der Waals surface area (Å²) in [6.07, 6.45) is 0.427. The van der Waals surface area contributed by atoms with Crippen LogP contribution < -0.4 is 0 Å². The van der Waals surface area contributed by atoms with Gasteiger partial charge in [0.2, 0.25) is 0 Å². The van der Waals surface area contributed by atoms with Gasteiger partial charge in [-0.25, -0.2) is 0 Å². The molecule has 2 rings (SSSR count). The van der Waals surface area contributed by atoms with Crippen LogP contribution in [-0.4, -0.2) is 5.78 Å². The van der Waals surface area contributed by atoms with E-state index in [0.717, 1.165) is 18.6 Å². The lowest BCUT2D eigenvalue weighted by atomic mass is 10.2. The Labute approximate surface area is 109 Å². The van der Waals surface area contributed by atoms with E-state index in [2.05, 4.69) is 15.9 Å². The van der Waals surface area contributed by atoms with Gasteiger partial charge in [-0.3, -0.25) is 4.79 Å². The summed E-state index contributed by atoms with van der Waals surface area (Å²) in [6, 6.07) is 5.60. The third-order valence-corrected chi connectivity index (χ3v) is 4.94. The Bertz CT molecular complexity index is 489. The van der Waals surface area contributed by atoms with Crippen LogP contribution in [0.5, 0.6) is 0 Å². The fourth-order valence-electron chi connectivity index (χ4n) is 1.18. The van der Waals surface area contributed by atoms with Crippen molar-refractivity contribution >= 4 is 56.0 Å². The minimum atomic E-state index is 0.135. The summed E-state index contributed by atoms with van der Waals surface area (Å²) in [4.78, 5) is 13.6. The molecule has 0 N–H and O–H groups in total. The van der Waals surface area contributed by atoms with Crippen LogP contribution in [0.3, 0.4) is 0 Å². The van der Waals surface area contributed by atoms with Crippen LogP contribution in [0.15, 0.2) is 28.1 Å². The van der Waals surface area contributed by atoms with E-state index in [-0.39, 0.29) is 5.78 Å². The lowest BCUT2D eigenvalue weighted by Gasteiger charge is -1.95. The second-order valence-electron chi connectivity index (χ2n) is 2.90. The van der Waals surface area contributed by atoms with Crippen molar-refractivity contribution in [2.45, 2.75) is 6.42 Å². The van der Waals surface area contributed by atoms with Gasteiger partial charge in [-0.05, 0) is 39.5 Å². The van der Waals surface area contributed by atoms with Gasteiger partial charge in [-0.1, -0.05) is 11.6 Å². The minimum Gasteiger partial charge on any atom is -0.293 e. The molecule has 0 spiro atoms. The van der Waals surface area contributed by atoms with Gasteiger partial charge in [0, 0.05) is 15.8 Å². The lowest BCUT2D eigenvalue weighted by molar-refractivity contribution is 0.0997. The number of hydrogen-bond donors (Lipinski definition) is 0. The van der Waals surface area contributed by atoms with Crippen LogP contribution in [0.2, 0.25) is 4.34 Å². The Morgan fingerprint density at radius 1 is 1.40 bits per heavy atom. The molecule has 1 nitrogen and oxygen atoms in total. The van der Waals surface area contributed by atoms with Gasteiger partial charge in [0.25, 0.3) is 0 Å². The van der Waals surface area contributed by atoms with E-state index in [0.29, 0.717) is 6.42 Å². The molecule has 2 aromatic heterocycles. The number of ketones is 1. The molecule has 0 unspecified atom stereocenters. The average Bonchev–Trinajstić information content (AvgIpc) is 2.75. The molecule has 0 saturated heterocycles. The first-order valence-corrected chi connectivity index (χ1v) is 7.04. The van der Waals surface area contributed by atoms with E-state index in [4.69, 9.17) is 11.6 Å². The van der Waals surface area contributed by atoms with Crippen LogP contribution in [0, 0.1) is 0 Å². The highest BCUT2D eigenvalue weighted by atomic mass is 79.9. The minimum absolute atomic E-state index is 0.135. The van der Waals surface area contributed by atoms with Crippen molar-refractivity contribution in [2.75, 3.05) is 0 Å². The molecule has 2 heterocycles. The Morgan fingerprint density at radius 2 is 2.20 bits per heavy atom. The molecule has 0 aliphatic carbocycles. The van der Waals surface area contributed by atoms with Gasteiger partial charge < -0.3 is 0 Å². The summed E-state index contributed by atoms with van der Waals surface area (Å²) in [5, 5.41) is 1.90. The van der Waals surface area contributed by atoms with Crippen molar-refractivity contribution in [3.63, 3.8) is 0 Å². The normalized spacial score (nSPS) is 10.5. The van der Waals surface area contributed by atoms with Crippen LogP contribution in [0.25, 0.3) is 0 Å². The Hall–Kier alpha value is -0.160. The third kappa shape index (κ3) is 2.69. The van der Waals surface area contributed by atoms with Crippen LogP contribution in [0.1, 0.15) is 14.5 Å². The van der Waals surface area contributed by atoms with Crippen LogP contribution in [-0.2, 0) is 6.42 Å². The zero-order valence-corrected chi connectivity index (χ0v) is 11.5. The number of thiophene rings is 2. The van der Waals surface area contributed by atoms with E-state index in [1.807, 2.05) is 23.6 Å². The van der Waals surface area contributed by atoms with Crippen LogP contribution in [0.4, 0.5) is 0 Å². The van der Waals surface area contributed by atoms with Gasteiger partial charge in [0.05, 0.1) is 9.21 Å². The SMILES string of the molecule is O=C(Cc1ccc(Cl)s1)c1sccc1Br. The van der Waals surface area contributed by atoms with Gasteiger partial charge in [0.15, 0.2) is 5.78 Å². The summed E-state index contributed by atoms with van der Waals surface area (Å²) < 4.78 is 1.60. The molecule has 0 saturated carbocycles. The Kier molecular flexibility index (Phi) is 3.61. The maximum atomic E-state index is 11.8. The molecule has 0 atom stereocenters. The molecule has 2 aromatic rings. The number of hydrogen-bond acceptors (Lipinski definition) is 3. The maximum Gasteiger partial charge on any atom is 0.179 e. The average molecular weight is 322 g/mol. The molecule has 15 heavy (non-hydrogen) atoms. The summed E-state index contributed by atoms with van der Waals surface area (Å²) in [5.41, 5.74) is 0. The van der Waals surface area contributed by atoms with E-state index in [9.17, 15) is 4.79 Å². The first kappa shape index (κ1) is 11.3.